The van der Waals surface area contributed by atoms with Crippen LogP contribution < -0.4 is 10.2 Å². The van der Waals surface area contributed by atoms with Gasteiger partial charge < -0.3 is 9.80 Å². The molecule has 2 aromatic rings. The SMILES string of the molecule is [B]c1cc(C(=C)N2CCN(C(=O)C(C)(C)c3ccc(C)cc3)CC2)ccc1NS(=O)(=O)/C(C=C)=C(\N=C)C(=C)C. The second kappa shape index (κ2) is 12.1. The third-order valence-corrected chi connectivity index (χ3v) is 8.58. The van der Waals surface area contributed by atoms with Gasteiger partial charge in [0, 0.05) is 37.6 Å². The summed E-state index contributed by atoms with van der Waals surface area (Å²) in [6, 6.07) is 13.1. The van der Waals surface area contributed by atoms with Crippen molar-refractivity contribution in [2.24, 2.45) is 4.99 Å². The Morgan fingerprint density at radius 2 is 1.62 bits per heavy atom. The van der Waals surface area contributed by atoms with E-state index in [1.54, 1.807) is 25.1 Å². The number of hydrogen-bond acceptors (Lipinski definition) is 5. The molecule has 0 aliphatic carbocycles. The summed E-state index contributed by atoms with van der Waals surface area (Å²) >= 11 is 0. The van der Waals surface area contributed by atoms with Crippen LogP contribution in [0, 0.1) is 6.92 Å². The van der Waals surface area contributed by atoms with Crippen LogP contribution in [0.2, 0.25) is 0 Å². The third kappa shape index (κ3) is 6.47. The number of nitrogens with one attached hydrogen (secondary N) is 1. The highest BCUT2D eigenvalue weighted by Crippen LogP contribution is 2.28. The van der Waals surface area contributed by atoms with E-state index in [0.717, 1.165) is 22.4 Å². The molecule has 1 N–H and O–H groups in total. The minimum absolute atomic E-state index is 0.0944. The van der Waals surface area contributed by atoms with Crippen LogP contribution in [0.15, 0.2) is 89.4 Å². The van der Waals surface area contributed by atoms with Crippen molar-refractivity contribution in [3.8, 4) is 0 Å². The number of amides is 1. The predicted octanol–water partition coefficient (Wildman–Crippen LogP) is 4.30. The number of carbonyl (C=O) groups excluding carboxylic acids is 1. The number of nitrogens with zero attached hydrogens (tertiary/aromatic N) is 3. The molecule has 3 rings (SSSR count). The number of piperazine rings is 1. The molecular weight excluding hydrogens is 519 g/mol. The highest BCUT2D eigenvalue weighted by Gasteiger charge is 2.35. The fourth-order valence-electron chi connectivity index (χ4n) is 4.64. The molecule has 0 atom stereocenters. The van der Waals surface area contributed by atoms with Gasteiger partial charge in [0.2, 0.25) is 5.91 Å². The topological polar surface area (TPSA) is 82.1 Å². The van der Waals surface area contributed by atoms with Crippen LogP contribution in [-0.4, -0.2) is 64.9 Å². The van der Waals surface area contributed by atoms with Gasteiger partial charge in [0.1, 0.15) is 12.8 Å². The van der Waals surface area contributed by atoms with Crippen molar-refractivity contribution in [1.29, 1.82) is 0 Å². The maximum absolute atomic E-state index is 13.4. The van der Waals surface area contributed by atoms with Crippen molar-refractivity contribution < 1.29 is 13.2 Å². The van der Waals surface area contributed by atoms with E-state index in [1.165, 1.54) is 6.08 Å². The lowest BCUT2D eigenvalue weighted by molar-refractivity contribution is -0.137. The lowest BCUT2D eigenvalue weighted by atomic mass is 9.82. The fraction of sp³-hybridized carbons (Fsp3) is 0.290. The van der Waals surface area contributed by atoms with E-state index in [2.05, 4.69) is 41.1 Å². The Kier molecular flexibility index (Phi) is 9.30. The Morgan fingerprint density at radius 1 is 1.05 bits per heavy atom. The summed E-state index contributed by atoms with van der Waals surface area (Å²) in [6.07, 6.45) is 1.19. The van der Waals surface area contributed by atoms with E-state index in [1.807, 2.05) is 49.9 Å². The van der Waals surface area contributed by atoms with Crippen LogP contribution in [0.1, 0.15) is 37.5 Å². The summed E-state index contributed by atoms with van der Waals surface area (Å²) in [7, 11) is 2.21. The van der Waals surface area contributed by atoms with E-state index in [9.17, 15) is 13.2 Å². The first-order valence-electron chi connectivity index (χ1n) is 12.9. The van der Waals surface area contributed by atoms with Crippen molar-refractivity contribution in [1.82, 2.24) is 9.80 Å². The Hall–Kier alpha value is -3.85. The number of aliphatic imine (C=N–C) groups is 1. The average Bonchev–Trinajstić information content (AvgIpc) is 2.91. The van der Waals surface area contributed by atoms with Gasteiger partial charge in [-0.1, -0.05) is 67.2 Å². The van der Waals surface area contributed by atoms with E-state index in [0.29, 0.717) is 31.8 Å². The zero-order chi connectivity index (χ0) is 29.8. The lowest BCUT2D eigenvalue weighted by Crippen LogP contribution is -2.52. The zero-order valence-electron chi connectivity index (χ0n) is 23.8. The van der Waals surface area contributed by atoms with Crippen molar-refractivity contribution in [2.75, 3.05) is 30.9 Å². The Balaban J connectivity index is 1.70. The van der Waals surface area contributed by atoms with Crippen molar-refractivity contribution in [3.63, 3.8) is 0 Å². The Labute approximate surface area is 240 Å². The first-order chi connectivity index (χ1) is 18.7. The monoisotopic (exact) mass is 556 g/mol. The van der Waals surface area contributed by atoms with Gasteiger partial charge in [-0.3, -0.25) is 14.5 Å². The van der Waals surface area contributed by atoms with Crippen LogP contribution in [0.5, 0.6) is 0 Å². The molecule has 208 valence electrons. The van der Waals surface area contributed by atoms with E-state index < -0.39 is 15.4 Å². The van der Waals surface area contributed by atoms with Crippen LogP contribution in [0.25, 0.3) is 5.70 Å². The molecule has 1 fully saturated rings. The van der Waals surface area contributed by atoms with Gasteiger partial charge in [-0.25, -0.2) is 8.42 Å². The van der Waals surface area contributed by atoms with Crippen LogP contribution in [0.3, 0.4) is 0 Å². The molecule has 0 spiro atoms. The second-order valence-corrected chi connectivity index (χ2v) is 12.1. The molecule has 0 saturated carbocycles. The quantitative estimate of drug-likeness (QED) is 0.269. The molecule has 2 aromatic carbocycles. The molecule has 2 radical (unpaired) electrons. The summed E-state index contributed by atoms with van der Waals surface area (Å²) in [6.45, 7) is 25.0. The highest BCUT2D eigenvalue weighted by atomic mass is 32.2. The summed E-state index contributed by atoms with van der Waals surface area (Å²) in [5.74, 6) is 0.0944. The number of rotatable bonds is 10. The lowest BCUT2D eigenvalue weighted by Gasteiger charge is -2.40. The minimum Gasteiger partial charge on any atom is -0.368 e. The molecule has 1 amide bonds. The molecule has 1 aliphatic rings. The highest BCUT2D eigenvalue weighted by molar-refractivity contribution is 7.96. The molecule has 1 saturated heterocycles. The number of aryl methyl sites for hydroxylation is 1. The molecule has 40 heavy (non-hydrogen) atoms. The fourth-order valence-corrected chi connectivity index (χ4v) is 5.94. The predicted molar refractivity (Wildman–Crippen MR) is 167 cm³/mol. The smallest absolute Gasteiger partial charge is 0.264 e. The van der Waals surface area contributed by atoms with E-state index in [4.69, 9.17) is 7.85 Å². The maximum atomic E-state index is 13.4. The largest absolute Gasteiger partial charge is 0.368 e. The summed E-state index contributed by atoms with van der Waals surface area (Å²) in [4.78, 5) is 21.1. The first kappa shape index (κ1) is 30.7. The Morgan fingerprint density at radius 3 is 2.12 bits per heavy atom. The summed E-state index contributed by atoms with van der Waals surface area (Å²) < 4.78 is 28.6. The van der Waals surface area contributed by atoms with Gasteiger partial charge in [0.15, 0.2) is 0 Å². The van der Waals surface area contributed by atoms with Gasteiger partial charge in [-0.05, 0) is 63.3 Å². The van der Waals surface area contributed by atoms with Gasteiger partial charge in [-0.15, -0.1) is 0 Å². The molecule has 0 bridgehead atoms. The molecular formula is C31H37BN4O3S. The standard InChI is InChI=1S/C31H37BN4O3S/c1-9-28(29(33-8)21(2)3)40(38,39)34-27-15-12-24(20-26(27)32)23(5)35-16-18-36(19-17-35)30(37)31(6,7)25-13-10-22(4)11-14-25/h9-15,20,34H,1-2,5,8,16-19H2,3-4,6-7H3/b29-28-. The van der Waals surface area contributed by atoms with E-state index in [-0.39, 0.29) is 27.7 Å². The molecule has 0 aromatic heterocycles. The van der Waals surface area contributed by atoms with Gasteiger partial charge in [-0.2, -0.15) is 0 Å². The molecule has 1 heterocycles. The third-order valence-electron chi connectivity index (χ3n) is 7.16. The number of carbonyl (C=O) groups is 1. The number of benzene rings is 2. The van der Waals surface area contributed by atoms with Crippen molar-refractivity contribution >= 4 is 47.3 Å². The summed E-state index contributed by atoms with van der Waals surface area (Å²) in [5, 5.41) is 0. The van der Waals surface area contributed by atoms with E-state index >= 15 is 0 Å². The minimum atomic E-state index is -4.04. The van der Waals surface area contributed by atoms with Gasteiger partial charge >= 0.3 is 0 Å². The van der Waals surface area contributed by atoms with Crippen molar-refractivity contribution in [3.05, 3.63) is 101 Å². The van der Waals surface area contributed by atoms with Gasteiger partial charge in [0.05, 0.1) is 11.1 Å². The average molecular weight is 557 g/mol. The van der Waals surface area contributed by atoms with Gasteiger partial charge in [0.25, 0.3) is 10.0 Å². The molecule has 1 aliphatic heterocycles. The van der Waals surface area contributed by atoms with Crippen LogP contribution in [0.4, 0.5) is 5.69 Å². The number of anilines is 1. The normalized spacial score (nSPS) is 14.7. The van der Waals surface area contributed by atoms with Crippen molar-refractivity contribution in [2.45, 2.75) is 33.1 Å². The molecule has 9 heteroatoms. The molecule has 7 nitrogen and oxygen atoms in total. The Bertz CT molecular complexity index is 1480. The number of hydrogen-bond donors (Lipinski definition) is 1. The second-order valence-electron chi connectivity index (χ2n) is 10.5. The van der Waals surface area contributed by atoms with Crippen LogP contribution >= 0.6 is 0 Å². The zero-order valence-corrected chi connectivity index (χ0v) is 24.6. The van der Waals surface area contributed by atoms with Crippen LogP contribution in [-0.2, 0) is 20.2 Å². The first-order valence-corrected chi connectivity index (χ1v) is 14.4. The number of allylic oxidation sites excluding steroid dienone is 2. The maximum Gasteiger partial charge on any atom is 0.264 e. The number of sulfonamides is 1. The summed E-state index contributed by atoms with van der Waals surface area (Å²) in [5.41, 5.74) is 4.06. The molecule has 0 unspecified atom stereocenters.